The van der Waals surface area contributed by atoms with E-state index in [9.17, 15) is 0 Å². The first-order chi connectivity index (χ1) is 10.2. The van der Waals surface area contributed by atoms with Gasteiger partial charge in [0.2, 0.25) is 0 Å². The fraction of sp³-hybridized carbons (Fsp3) is 0.0556. The Kier molecular flexibility index (Phi) is 2.82. The Hall–Kier alpha value is -2.13. The number of furan rings is 1. The van der Waals surface area contributed by atoms with Crippen LogP contribution >= 0.6 is 15.9 Å². The summed E-state index contributed by atoms with van der Waals surface area (Å²) in [7, 11) is 0. The summed E-state index contributed by atoms with van der Waals surface area (Å²) in [6.45, 7) is 2.06. The molecule has 0 saturated heterocycles. The van der Waals surface area contributed by atoms with Crippen molar-refractivity contribution in [3.05, 3.63) is 64.8 Å². The SMILES string of the molecule is Cc1cc(-c2cccc3c2oc2ccccc23)ncc1Br. The highest BCUT2D eigenvalue weighted by Crippen LogP contribution is 2.35. The lowest BCUT2D eigenvalue weighted by Gasteiger charge is -2.04. The number of aromatic nitrogens is 1. The van der Waals surface area contributed by atoms with Crippen LogP contribution in [0.3, 0.4) is 0 Å². The zero-order valence-corrected chi connectivity index (χ0v) is 13.0. The van der Waals surface area contributed by atoms with Gasteiger partial charge in [0.05, 0.1) is 5.69 Å². The molecule has 21 heavy (non-hydrogen) atoms. The fourth-order valence-electron chi connectivity index (χ4n) is 2.64. The number of fused-ring (bicyclic) bond motifs is 3. The van der Waals surface area contributed by atoms with Crippen LogP contribution in [-0.4, -0.2) is 4.98 Å². The minimum atomic E-state index is 0.896. The van der Waals surface area contributed by atoms with Crippen molar-refractivity contribution < 1.29 is 4.42 Å². The maximum Gasteiger partial charge on any atom is 0.144 e. The monoisotopic (exact) mass is 337 g/mol. The summed E-state index contributed by atoms with van der Waals surface area (Å²) in [6, 6.07) is 16.4. The Morgan fingerprint density at radius 1 is 1.00 bits per heavy atom. The van der Waals surface area contributed by atoms with Crippen LogP contribution in [0, 0.1) is 6.92 Å². The normalized spacial score (nSPS) is 11.3. The molecule has 3 heteroatoms. The van der Waals surface area contributed by atoms with Crippen molar-refractivity contribution in [2.24, 2.45) is 0 Å². The molecule has 4 aromatic rings. The quantitative estimate of drug-likeness (QED) is 0.444. The molecule has 0 unspecified atom stereocenters. The molecule has 2 heterocycles. The van der Waals surface area contributed by atoms with E-state index in [1.807, 2.05) is 24.4 Å². The predicted molar refractivity (Wildman–Crippen MR) is 89.4 cm³/mol. The third-order valence-electron chi connectivity index (χ3n) is 3.73. The van der Waals surface area contributed by atoms with Gasteiger partial charge in [0.15, 0.2) is 0 Å². The van der Waals surface area contributed by atoms with Gasteiger partial charge in [-0.3, -0.25) is 4.98 Å². The molecular weight excluding hydrogens is 326 g/mol. The van der Waals surface area contributed by atoms with Gasteiger partial charge in [-0.1, -0.05) is 30.3 Å². The van der Waals surface area contributed by atoms with Gasteiger partial charge in [-0.05, 0) is 46.6 Å². The molecule has 0 N–H and O–H groups in total. The standard InChI is InChI=1S/C18H12BrNO/c1-11-9-16(20-10-15(11)19)14-7-4-6-13-12-5-2-3-8-17(12)21-18(13)14/h2-10H,1H3. The molecule has 0 spiro atoms. The molecule has 0 radical (unpaired) electrons. The molecule has 2 nitrogen and oxygen atoms in total. The van der Waals surface area contributed by atoms with Crippen LogP contribution in [-0.2, 0) is 0 Å². The highest BCUT2D eigenvalue weighted by molar-refractivity contribution is 9.10. The van der Waals surface area contributed by atoms with E-state index in [2.05, 4.69) is 58.2 Å². The number of aryl methyl sites for hydroxylation is 1. The summed E-state index contributed by atoms with van der Waals surface area (Å²) in [5.74, 6) is 0. The first-order valence-corrected chi connectivity index (χ1v) is 7.56. The summed E-state index contributed by atoms with van der Waals surface area (Å²) >= 11 is 3.49. The molecule has 0 aliphatic heterocycles. The first-order valence-electron chi connectivity index (χ1n) is 6.77. The molecule has 2 aromatic heterocycles. The third-order valence-corrected chi connectivity index (χ3v) is 4.56. The molecule has 0 aliphatic rings. The van der Waals surface area contributed by atoms with Crippen molar-refractivity contribution in [1.29, 1.82) is 0 Å². The molecule has 0 fully saturated rings. The van der Waals surface area contributed by atoms with E-state index in [0.717, 1.165) is 43.2 Å². The number of benzene rings is 2. The van der Waals surface area contributed by atoms with Crippen LogP contribution in [0.15, 0.2) is 63.6 Å². The van der Waals surface area contributed by atoms with Crippen LogP contribution in [0.4, 0.5) is 0 Å². The van der Waals surface area contributed by atoms with Crippen molar-refractivity contribution in [3.8, 4) is 11.3 Å². The molecule has 2 aromatic carbocycles. The number of halogens is 1. The Bertz CT molecular complexity index is 971. The Labute approximate surface area is 130 Å². The Balaban J connectivity index is 2.06. The lowest BCUT2D eigenvalue weighted by Crippen LogP contribution is -1.86. The summed E-state index contributed by atoms with van der Waals surface area (Å²) in [6.07, 6.45) is 1.84. The average molecular weight is 338 g/mol. The van der Waals surface area contributed by atoms with Crippen molar-refractivity contribution in [2.45, 2.75) is 6.92 Å². The number of rotatable bonds is 1. The van der Waals surface area contributed by atoms with Crippen molar-refractivity contribution >= 4 is 37.9 Å². The molecule has 0 saturated carbocycles. The number of nitrogens with zero attached hydrogens (tertiary/aromatic N) is 1. The minimum Gasteiger partial charge on any atom is -0.455 e. The third kappa shape index (κ3) is 1.96. The van der Waals surface area contributed by atoms with Gasteiger partial charge in [-0.2, -0.15) is 0 Å². The van der Waals surface area contributed by atoms with Gasteiger partial charge >= 0.3 is 0 Å². The highest BCUT2D eigenvalue weighted by atomic mass is 79.9. The highest BCUT2D eigenvalue weighted by Gasteiger charge is 2.12. The maximum absolute atomic E-state index is 6.06. The van der Waals surface area contributed by atoms with Crippen molar-refractivity contribution in [2.75, 3.05) is 0 Å². The Morgan fingerprint density at radius 3 is 2.67 bits per heavy atom. The van der Waals surface area contributed by atoms with Crippen LogP contribution in [0.25, 0.3) is 33.2 Å². The lowest BCUT2D eigenvalue weighted by molar-refractivity contribution is 0.670. The largest absolute Gasteiger partial charge is 0.455 e. The summed E-state index contributed by atoms with van der Waals surface area (Å²) in [5.41, 5.74) is 4.93. The van der Waals surface area contributed by atoms with E-state index in [1.165, 1.54) is 0 Å². The predicted octanol–water partition coefficient (Wildman–Crippen LogP) is 5.72. The molecule has 102 valence electrons. The van der Waals surface area contributed by atoms with Crippen molar-refractivity contribution in [1.82, 2.24) is 4.98 Å². The molecular formula is C18H12BrNO. The number of hydrogen-bond donors (Lipinski definition) is 0. The number of pyridine rings is 1. The van der Waals surface area contributed by atoms with Crippen LogP contribution in [0.1, 0.15) is 5.56 Å². The van der Waals surface area contributed by atoms with Crippen molar-refractivity contribution in [3.63, 3.8) is 0 Å². The molecule has 0 amide bonds. The topological polar surface area (TPSA) is 26.0 Å². The van der Waals surface area contributed by atoms with E-state index in [0.29, 0.717) is 0 Å². The second-order valence-corrected chi connectivity index (χ2v) is 5.95. The first kappa shape index (κ1) is 12.6. The van der Waals surface area contributed by atoms with E-state index in [4.69, 9.17) is 4.42 Å². The van der Waals surface area contributed by atoms with Gasteiger partial charge in [-0.25, -0.2) is 0 Å². The molecule has 0 atom stereocenters. The van der Waals surface area contributed by atoms with E-state index in [1.54, 1.807) is 0 Å². The van der Waals surface area contributed by atoms with Gasteiger partial charge in [-0.15, -0.1) is 0 Å². The smallest absolute Gasteiger partial charge is 0.144 e. The Morgan fingerprint density at radius 2 is 1.81 bits per heavy atom. The van der Waals surface area contributed by atoms with Gasteiger partial charge in [0, 0.05) is 27.0 Å². The fourth-order valence-corrected chi connectivity index (χ4v) is 2.85. The van der Waals surface area contributed by atoms with Crippen LogP contribution in [0.2, 0.25) is 0 Å². The van der Waals surface area contributed by atoms with E-state index >= 15 is 0 Å². The molecule has 0 bridgehead atoms. The van der Waals surface area contributed by atoms with E-state index < -0.39 is 0 Å². The summed E-state index contributed by atoms with van der Waals surface area (Å²) in [5, 5.41) is 2.27. The van der Waals surface area contributed by atoms with Crippen LogP contribution < -0.4 is 0 Å². The lowest BCUT2D eigenvalue weighted by atomic mass is 10.1. The molecule has 4 rings (SSSR count). The second kappa shape index (κ2) is 4.71. The second-order valence-electron chi connectivity index (χ2n) is 5.10. The summed E-state index contributed by atoms with van der Waals surface area (Å²) < 4.78 is 7.07. The van der Waals surface area contributed by atoms with Gasteiger partial charge < -0.3 is 4.42 Å². The van der Waals surface area contributed by atoms with E-state index in [-0.39, 0.29) is 0 Å². The summed E-state index contributed by atoms with van der Waals surface area (Å²) in [4.78, 5) is 4.52. The van der Waals surface area contributed by atoms with Gasteiger partial charge in [0.25, 0.3) is 0 Å². The number of para-hydroxylation sites is 2. The van der Waals surface area contributed by atoms with Gasteiger partial charge in [0.1, 0.15) is 11.2 Å². The average Bonchev–Trinajstić information content (AvgIpc) is 2.89. The zero-order chi connectivity index (χ0) is 14.4. The minimum absolute atomic E-state index is 0.896. The molecule has 0 aliphatic carbocycles. The zero-order valence-electron chi connectivity index (χ0n) is 11.4. The van der Waals surface area contributed by atoms with Crippen LogP contribution in [0.5, 0.6) is 0 Å². The maximum atomic E-state index is 6.06. The number of hydrogen-bond acceptors (Lipinski definition) is 2.